The number of hydrogen-bond donors (Lipinski definition) is 0. The summed E-state index contributed by atoms with van der Waals surface area (Å²) < 4.78 is 1.17. The number of allylic oxidation sites excluding steroid dienone is 2. The lowest BCUT2D eigenvalue weighted by Gasteiger charge is -2.18. The molecule has 0 heterocycles. The maximum Gasteiger partial charge on any atom is 0.186 e. The zero-order valence-corrected chi connectivity index (χ0v) is 12.9. The van der Waals surface area contributed by atoms with Crippen LogP contribution in [0.4, 0.5) is 0 Å². The molecule has 19 heavy (non-hydrogen) atoms. The molecule has 0 unspecified atom stereocenters. The van der Waals surface area contributed by atoms with Gasteiger partial charge in [0.15, 0.2) is 5.78 Å². The normalized spacial score (nSPS) is 17.9. The number of hydrogen-bond acceptors (Lipinski definition) is 3. The van der Waals surface area contributed by atoms with E-state index in [4.69, 9.17) is 0 Å². The molecule has 1 aromatic carbocycles. The first-order valence-electron chi connectivity index (χ1n) is 6.37. The maximum absolute atomic E-state index is 12.5. The average molecular weight is 290 g/mol. The lowest BCUT2D eigenvalue weighted by atomic mass is 9.89. The van der Waals surface area contributed by atoms with E-state index < -0.39 is 0 Å². The highest BCUT2D eigenvalue weighted by molar-refractivity contribution is 8.21. The highest BCUT2D eigenvalue weighted by Crippen LogP contribution is 2.36. The highest BCUT2D eigenvalue weighted by atomic mass is 32.2. The molecule has 1 fully saturated rings. The average Bonchev–Trinajstić information content (AvgIpc) is 2.45. The number of Topliss-reactive ketones (excluding diaryl/α,β-unsaturated/α-hetero) is 1. The first kappa shape index (κ1) is 14.5. The van der Waals surface area contributed by atoms with Crippen LogP contribution in [0.25, 0.3) is 6.08 Å². The number of ketones is 1. The smallest absolute Gasteiger partial charge is 0.186 e. The topological polar surface area (TPSA) is 17.1 Å². The minimum absolute atomic E-state index is 0.244. The molecule has 0 radical (unpaired) electrons. The summed E-state index contributed by atoms with van der Waals surface area (Å²) in [4.78, 5) is 12.5. The van der Waals surface area contributed by atoms with E-state index in [1.54, 1.807) is 23.5 Å². The number of thioether (sulfide) groups is 2. The van der Waals surface area contributed by atoms with Gasteiger partial charge in [-0.1, -0.05) is 30.3 Å². The molecule has 0 aliphatic heterocycles. The molecule has 0 N–H and O–H groups in total. The van der Waals surface area contributed by atoms with Gasteiger partial charge in [-0.3, -0.25) is 4.79 Å². The van der Waals surface area contributed by atoms with Crippen LogP contribution in [0.2, 0.25) is 0 Å². The predicted octanol–water partition coefficient (Wildman–Crippen LogP) is 4.76. The molecule has 1 nitrogen and oxygen atoms in total. The van der Waals surface area contributed by atoms with Crippen LogP contribution >= 0.6 is 23.5 Å². The molecule has 0 amide bonds. The van der Waals surface area contributed by atoms with Crippen molar-refractivity contribution in [2.45, 2.75) is 19.3 Å². The van der Waals surface area contributed by atoms with Crippen LogP contribution in [0.1, 0.15) is 24.8 Å². The Labute approximate surface area is 123 Å². The Kier molecular flexibility index (Phi) is 5.34. The molecule has 1 saturated carbocycles. The van der Waals surface area contributed by atoms with Gasteiger partial charge >= 0.3 is 0 Å². The van der Waals surface area contributed by atoms with Gasteiger partial charge < -0.3 is 0 Å². The van der Waals surface area contributed by atoms with Crippen molar-refractivity contribution in [1.82, 2.24) is 0 Å². The number of benzene rings is 1. The molecule has 0 spiro atoms. The van der Waals surface area contributed by atoms with Crippen molar-refractivity contribution in [1.29, 1.82) is 0 Å². The third-order valence-electron chi connectivity index (χ3n) is 3.20. The fourth-order valence-electron chi connectivity index (χ4n) is 2.29. The molecule has 0 atom stereocenters. The van der Waals surface area contributed by atoms with E-state index in [9.17, 15) is 4.79 Å². The van der Waals surface area contributed by atoms with Crippen LogP contribution in [0, 0.1) is 0 Å². The maximum atomic E-state index is 12.5. The molecule has 3 heteroatoms. The van der Waals surface area contributed by atoms with E-state index in [-0.39, 0.29) is 5.78 Å². The van der Waals surface area contributed by atoms with Crippen LogP contribution in [-0.2, 0) is 4.79 Å². The Hall–Kier alpha value is -0.930. The van der Waals surface area contributed by atoms with Crippen LogP contribution in [-0.4, -0.2) is 18.3 Å². The molecule has 1 aromatic rings. The Bertz CT molecular complexity index is 509. The van der Waals surface area contributed by atoms with Gasteiger partial charge in [0.05, 0.1) is 0 Å². The van der Waals surface area contributed by atoms with Gasteiger partial charge in [-0.25, -0.2) is 0 Å². The van der Waals surface area contributed by atoms with Gasteiger partial charge in [-0.2, -0.15) is 0 Å². The van der Waals surface area contributed by atoms with Crippen molar-refractivity contribution < 1.29 is 4.79 Å². The Morgan fingerprint density at radius 3 is 2.42 bits per heavy atom. The lowest BCUT2D eigenvalue weighted by Crippen LogP contribution is -2.13. The highest BCUT2D eigenvalue weighted by Gasteiger charge is 2.23. The van der Waals surface area contributed by atoms with Gasteiger partial charge in [-0.15, -0.1) is 23.5 Å². The summed E-state index contributed by atoms with van der Waals surface area (Å²) in [5.74, 6) is 0.244. The van der Waals surface area contributed by atoms with Gasteiger partial charge in [0.25, 0.3) is 0 Å². The van der Waals surface area contributed by atoms with E-state index in [0.717, 1.165) is 36.0 Å². The summed E-state index contributed by atoms with van der Waals surface area (Å²) in [6, 6.07) is 10.1. The summed E-state index contributed by atoms with van der Waals surface area (Å²) in [5, 5.41) is 0. The van der Waals surface area contributed by atoms with Crippen molar-refractivity contribution >= 4 is 35.4 Å². The molecule has 1 aliphatic rings. The first-order valence-corrected chi connectivity index (χ1v) is 8.82. The fraction of sp³-hybridized carbons (Fsp3) is 0.312. The minimum Gasteiger partial charge on any atom is -0.289 e. The summed E-state index contributed by atoms with van der Waals surface area (Å²) in [7, 11) is 0. The van der Waals surface area contributed by atoms with Gasteiger partial charge in [-0.05, 0) is 43.4 Å². The molecule has 1 aliphatic carbocycles. The van der Waals surface area contributed by atoms with Crippen LogP contribution in [0.15, 0.2) is 45.7 Å². The van der Waals surface area contributed by atoms with Crippen molar-refractivity contribution in [2.75, 3.05) is 12.5 Å². The van der Waals surface area contributed by atoms with Crippen molar-refractivity contribution in [3.8, 4) is 0 Å². The van der Waals surface area contributed by atoms with Crippen molar-refractivity contribution in [3.05, 3.63) is 51.3 Å². The summed E-state index contributed by atoms with van der Waals surface area (Å²) in [6.07, 6.45) is 9.02. The number of rotatable bonds is 3. The predicted molar refractivity (Wildman–Crippen MR) is 87.3 cm³/mol. The summed E-state index contributed by atoms with van der Waals surface area (Å²) >= 11 is 3.37. The second kappa shape index (κ2) is 7.01. The van der Waals surface area contributed by atoms with E-state index in [0.29, 0.717) is 0 Å². The SMILES string of the molecule is CSC(SC)=C1CCCC(=Cc2ccccc2)C1=O. The molecule has 0 bridgehead atoms. The molecule has 0 saturated heterocycles. The third-order valence-corrected chi connectivity index (χ3v) is 5.43. The summed E-state index contributed by atoms with van der Waals surface area (Å²) in [6.45, 7) is 0. The Balaban J connectivity index is 2.31. The Morgan fingerprint density at radius 2 is 1.79 bits per heavy atom. The van der Waals surface area contributed by atoms with Gasteiger partial charge in [0, 0.05) is 15.4 Å². The van der Waals surface area contributed by atoms with E-state index in [1.165, 1.54) is 4.24 Å². The van der Waals surface area contributed by atoms with E-state index >= 15 is 0 Å². The zero-order chi connectivity index (χ0) is 13.7. The second-order valence-electron chi connectivity index (χ2n) is 4.44. The molecular formula is C16H18OS2. The molecule has 2 rings (SSSR count). The molecule has 100 valence electrons. The van der Waals surface area contributed by atoms with Crippen LogP contribution in [0.5, 0.6) is 0 Å². The fourth-order valence-corrected chi connectivity index (χ4v) is 3.84. The van der Waals surface area contributed by atoms with Crippen LogP contribution < -0.4 is 0 Å². The lowest BCUT2D eigenvalue weighted by molar-refractivity contribution is -0.112. The number of carbonyl (C=O) groups is 1. The third kappa shape index (κ3) is 3.54. The Morgan fingerprint density at radius 1 is 1.11 bits per heavy atom. The van der Waals surface area contributed by atoms with E-state index in [2.05, 4.69) is 0 Å². The molecule has 0 aromatic heterocycles. The van der Waals surface area contributed by atoms with Gasteiger partial charge in [0.2, 0.25) is 0 Å². The van der Waals surface area contributed by atoms with E-state index in [1.807, 2.05) is 48.9 Å². The largest absolute Gasteiger partial charge is 0.289 e. The standard InChI is InChI=1S/C16H18OS2/c1-18-16(19-2)14-10-6-9-13(15(14)17)11-12-7-4-3-5-8-12/h3-5,7-8,11H,6,9-10H2,1-2H3. The first-order chi connectivity index (χ1) is 9.26. The van der Waals surface area contributed by atoms with Gasteiger partial charge in [0.1, 0.15) is 0 Å². The zero-order valence-electron chi connectivity index (χ0n) is 11.3. The molecular weight excluding hydrogens is 272 g/mol. The van der Waals surface area contributed by atoms with Crippen molar-refractivity contribution in [2.24, 2.45) is 0 Å². The minimum atomic E-state index is 0.244. The van der Waals surface area contributed by atoms with Crippen molar-refractivity contribution in [3.63, 3.8) is 0 Å². The number of carbonyl (C=O) groups excluding carboxylic acids is 1. The summed E-state index contributed by atoms with van der Waals surface area (Å²) in [5.41, 5.74) is 3.07. The quantitative estimate of drug-likeness (QED) is 0.747. The monoisotopic (exact) mass is 290 g/mol. The van der Waals surface area contributed by atoms with Crippen LogP contribution in [0.3, 0.4) is 0 Å². The second-order valence-corrected chi connectivity index (χ2v) is 6.33.